The number of para-hydroxylation sites is 1. The Kier molecular flexibility index (Phi) is 6.80. The Morgan fingerprint density at radius 2 is 1.96 bits per heavy atom. The fourth-order valence-electron chi connectivity index (χ4n) is 1.95. The number of halogens is 2. The molecule has 3 N–H and O–H groups in total. The summed E-state index contributed by atoms with van der Waals surface area (Å²) in [5, 5.41) is 3.52. The van der Waals surface area contributed by atoms with Crippen molar-refractivity contribution in [3.05, 3.63) is 42.2 Å². The van der Waals surface area contributed by atoms with Crippen molar-refractivity contribution in [2.75, 3.05) is 6.54 Å². The van der Waals surface area contributed by atoms with Gasteiger partial charge < -0.3 is 15.5 Å². The van der Waals surface area contributed by atoms with Crippen molar-refractivity contribution < 1.29 is 9.21 Å². The smallest absolute Gasteiger partial charge is 0.287 e. The topological polar surface area (TPSA) is 81.1 Å². The number of carbonyl (C=O) groups excluding carboxylic acids is 1. The number of nitrogens with two attached hydrogens (primary N) is 1. The van der Waals surface area contributed by atoms with Gasteiger partial charge in [-0.15, -0.1) is 36.2 Å². The summed E-state index contributed by atoms with van der Waals surface area (Å²) in [6.07, 6.45) is 0. The van der Waals surface area contributed by atoms with Gasteiger partial charge in [0.2, 0.25) is 0 Å². The zero-order valence-corrected chi connectivity index (χ0v) is 15.7. The number of furan rings is 1. The molecule has 0 saturated carbocycles. The monoisotopic (exact) mass is 387 g/mol. The molecular formula is C16H19Cl2N3O2S. The molecule has 0 unspecified atom stereocenters. The van der Waals surface area contributed by atoms with E-state index in [9.17, 15) is 4.79 Å². The highest BCUT2D eigenvalue weighted by Gasteiger charge is 2.17. The lowest BCUT2D eigenvalue weighted by atomic mass is 10.1. The zero-order chi connectivity index (χ0) is 15.7. The van der Waals surface area contributed by atoms with Gasteiger partial charge in [-0.05, 0) is 38.1 Å². The summed E-state index contributed by atoms with van der Waals surface area (Å²) < 4.78 is 6.71. The third-order valence-corrected chi connectivity index (χ3v) is 4.09. The number of carbonyl (C=O) groups is 1. The molecule has 130 valence electrons. The van der Waals surface area contributed by atoms with Gasteiger partial charge in [0, 0.05) is 12.1 Å². The van der Waals surface area contributed by atoms with Crippen LogP contribution in [0.25, 0.3) is 21.0 Å². The number of hydrogen-bond acceptors (Lipinski definition) is 5. The normalized spacial score (nSPS) is 10.8. The van der Waals surface area contributed by atoms with Gasteiger partial charge in [0.05, 0.1) is 10.2 Å². The number of nitrogens with one attached hydrogen (secondary N) is 1. The number of thiazole rings is 1. The minimum atomic E-state index is -0.460. The first kappa shape index (κ1) is 20.4. The predicted molar refractivity (Wildman–Crippen MR) is 102 cm³/mol. The number of aromatic nitrogens is 1. The summed E-state index contributed by atoms with van der Waals surface area (Å²) in [4.78, 5) is 16.5. The van der Waals surface area contributed by atoms with Crippen molar-refractivity contribution in [1.29, 1.82) is 0 Å². The van der Waals surface area contributed by atoms with E-state index in [2.05, 4.69) is 10.3 Å². The second-order valence-corrected chi connectivity index (χ2v) is 6.85. The summed E-state index contributed by atoms with van der Waals surface area (Å²) in [6, 6.07) is 11.3. The zero-order valence-electron chi connectivity index (χ0n) is 13.2. The lowest BCUT2D eigenvalue weighted by molar-refractivity contribution is 0.0919. The Bertz CT molecular complexity index is 791. The van der Waals surface area contributed by atoms with Crippen LogP contribution >= 0.6 is 36.2 Å². The molecule has 1 amide bonds. The molecule has 24 heavy (non-hydrogen) atoms. The molecule has 0 spiro atoms. The van der Waals surface area contributed by atoms with Crippen LogP contribution in [0.1, 0.15) is 24.4 Å². The Hall–Kier alpha value is -1.60. The molecular weight excluding hydrogens is 369 g/mol. The van der Waals surface area contributed by atoms with E-state index < -0.39 is 5.54 Å². The van der Waals surface area contributed by atoms with E-state index in [0.29, 0.717) is 12.3 Å². The van der Waals surface area contributed by atoms with Crippen molar-refractivity contribution in [3.63, 3.8) is 0 Å². The third kappa shape index (κ3) is 4.70. The van der Waals surface area contributed by atoms with Crippen LogP contribution in [0.3, 0.4) is 0 Å². The molecule has 0 atom stereocenters. The minimum Gasteiger partial charge on any atom is -0.448 e. The second kappa shape index (κ2) is 7.98. The van der Waals surface area contributed by atoms with Crippen LogP contribution in [0, 0.1) is 0 Å². The summed E-state index contributed by atoms with van der Waals surface area (Å²) in [7, 11) is 0. The van der Waals surface area contributed by atoms with Crippen LogP contribution in [0.5, 0.6) is 0 Å². The van der Waals surface area contributed by atoms with Crippen molar-refractivity contribution in [2.24, 2.45) is 5.73 Å². The van der Waals surface area contributed by atoms with E-state index in [4.69, 9.17) is 10.2 Å². The molecule has 1 aromatic carbocycles. The predicted octanol–water partition coefficient (Wildman–Crippen LogP) is 3.87. The van der Waals surface area contributed by atoms with Crippen molar-refractivity contribution in [2.45, 2.75) is 19.4 Å². The molecule has 0 aliphatic heterocycles. The molecule has 0 radical (unpaired) electrons. The SMILES string of the molecule is CC(C)(N)CNC(=O)c1ccc(-c2nc3ccccc3s2)o1.Cl.Cl. The lowest BCUT2D eigenvalue weighted by Crippen LogP contribution is -2.45. The first-order valence-corrected chi connectivity index (χ1v) is 7.77. The standard InChI is InChI=1S/C16H17N3O2S.2ClH/c1-16(2,17)9-18-14(20)11-7-8-12(21-11)15-19-10-5-3-4-6-13(10)22-15;;/h3-8H,9,17H2,1-2H3,(H,18,20);2*1H. The van der Waals surface area contributed by atoms with Gasteiger partial charge in [-0.25, -0.2) is 4.98 Å². The van der Waals surface area contributed by atoms with Gasteiger partial charge in [0.25, 0.3) is 5.91 Å². The highest BCUT2D eigenvalue weighted by molar-refractivity contribution is 7.21. The lowest BCUT2D eigenvalue weighted by Gasteiger charge is -2.18. The maximum absolute atomic E-state index is 12.0. The molecule has 5 nitrogen and oxygen atoms in total. The average Bonchev–Trinajstić information content (AvgIpc) is 3.09. The van der Waals surface area contributed by atoms with E-state index in [1.165, 1.54) is 11.3 Å². The largest absolute Gasteiger partial charge is 0.448 e. The van der Waals surface area contributed by atoms with Crippen LogP contribution in [0.15, 0.2) is 40.8 Å². The molecule has 3 rings (SSSR count). The van der Waals surface area contributed by atoms with Gasteiger partial charge in [-0.1, -0.05) is 12.1 Å². The van der Waals surface area contributed by atoms with Crippen LogP contribution in [0.2, 0.25) is 0 Å². The summed E-state index contributed by atoms with van der Waals surface area (Å²) in [5.74, 6) is 0.586. The van der Waals surface area contributed by atoms with Crippen LogP contribution in [-0.2, 0) is 0 Å². The summed E-state index contributed by atoms with van der Waals surface area (Å²) in [5.41, 5.74) is 6.31. The third-order valence-electron chi connectivity index (χ3n) is 3.04. The number of amides is 1. The Morgan fingerprint density at radius 1 is 1.25 bits per heavy atom. The molecule has 8 heteroatoms. The summed E-state index contributed by atoms with van der Waals surface area (Å²) in [6.45, 7) is 4.08. The summed E-state index contributed by atoms with van der Waals surface area (Å²) >= 11 is 1.54. The number of hydrogen-bond donors (Lipinski definition) is 2. The maximum atomic E-state index is 12.0. The first-order valence-electron chi connectivity index (χ1n) is 6.95. The molecule has 0 aliphatic rings. The molecule has 2 aromatic heterocycles. The van der Waals surface area contributed by atoms with E-state index in [1.807, 2.05) is 38.1 Å². The van der Waals surface area contributed by atoms with Gasteiger partial charge >= 0.3 is 0 Å². The van der Waals surface area contributed by atoms with Crippen molar-refractivity contribution >= 4 is 52.3 Å². The molecule has 0 bridgehead atoms. The Balaban J connectivity index is 0.00000144. The van der Waals surface area contributed by atoms with Gasteiger partial charge in [0.1, 0.15) is 0 Å². The van der Waals surface area contributed by atoms with Crippen LogP contribution in [-0.4, -0.2) is 23.0 Å². The van der Waals surface area contributed by atoms with Gasteiger partial charge in [0.15, 0.2) is 16.5 Å². The van der Waals surface area contributed by atoms with E-state index in [1.54, 1.807) is 12.1 Å². The average molecular weight is 388 g/mol. The van der Waals surface area contributed by atoms with Crippen LogP contribution < -0.4 is 11.1 Å². The van der Waals surface area contributed by atoms with E-state index in [0.717, 1.165) is 15.2 Å². The number of nitrogens with zero attached hydrogens (tertiary/aromatic N) is 1. The number of benzene rings is 1. The highest BCUT2D eigenvalue weighted by Crippen LogP contribution is 2.31. The van der Waals surface area contributed by atoms with E-state index in [-0.39, 0.29) is 36.5 Å². The second-order valence-electron chi connectivity index (χ2n) is 5.82. The van der Waals surface area contributed by atoms with Gasteiger partial charge in [-0.3, -0.25) is 4.79 Å². The fourth-order valence-corrected chi connectivity index (χ4v) is 2.88. The molecule has 0 saturated heterocycles. The maximum Gasteiger partial charge on any atom is 0.287 e. The molecule has 2 heterocycles. The quantitative estimate of drug-likeness (QED) is 0.711. The van der Waals surface area contributed by atoms with Crippen LogP contribution in [0.4, 0.5) is 0 Å². The minimum absolute atomic E-state index is 0. The van der Waals surface area contributed by atoms with Gasteiger partial charge in [-0.2, -0.15) is 0 Å². The molecule has 0 fully saturated rings. The number of fused-ring (bicyclic) bond motifs is 1. The Labute approximate surface area is 156 Å². The molecule has 0 aliphatic carbocycles. The highest BCUT2D eigenvalue weighted by atomic mass is 35.5. The van der Waals surface area contributed by atoms with E-state index >= 15 is 0 Å². The first-order chi connectivity index (χ1) is 10.4. The fraction of sp³-hybridized carbons (Fsp3) is 0.250. The van der Waals surface area contributed by atoms with Crippen molar-refractivity contribution in [3.8, 4) is 10.8 Å². The number of rotatable bonds is 4. The molecule has 3 aromatic rings. The van der Waals surface area contributed by atoms with Crippen molar-refractivity contribution in [1.82, 2.24) is 10.3 Å². The Morgan fingerprint density at radius 3 is 2.62 bits per heavy atom.